The monoisotopic (exact) mass is 206 g/mol. The second kappa shape index (κ2) is 2.67. The molecule has 0 bridgehead atoms. The number of hydrogen-bond acceptors (Lipinski definition) is 0. The van der Waals surface area contributed by atoms with E-state index in [9.17, 15) is 0 Å². The summed E-state index contributed by atoms with van der Waals surface area (Å²) >= 11 is 0. The number of nitrogens with zero attached hydrogens (tertiary/aromatic N) is 1. The van der Waals surface area contributed by atoms with Gasteiger partial charge in [-0.25, -0.2) is 0 Å². The Kier molecular flexibility index (Phi) is 1.33. The Morgan fingerprint density at radius 2 is 1.75 bits per heavy atom. The summed E-state index contributed by atoms with van der Waals surface area (Å²) in [7, 11) is 0. The third-order valence-electron chi connectivity index (χ3n) is 3.17. The zero-order valence-corrected chi connectivity index (χ0v) is 8.64. The van der Waals surface area contributed by atoms with Crippen molar-refractivity contribution in [1.82, 2.24) is 9.38 Å². The highest BCUT2D eigenvalue weighted by Crippen LogP contribution is 2.28. The first kappa shape index (κ1) is 7.99. The van der Waals surface area contributed by atoms with Crippen LogP contribution in [0.15, 0.2) is 54.9 Å². The molecule has 0 unspecified atom stereocenters. The smallest absolute Gasteiger partial charge is 0.0550 e. The van der Waals surface area contributed by atoms with Gasteiger partial charge < -0.3 is 9.38 Å². The number of hydrogen-bond donors (Lipinski definition) is 1. The van der Waals surface area contributed by atoms with Crippen molar-refractivity contribution < 1.29 is 0 Å². The van der Waals surface area contributed by atoms with E-state index in [2.05, 4.69) is 64.2 Å². The number of nitrogens with one attached hydrogen (secondary N) is 1. The van der Waals surface area contributed by atoms with Crippen molar-refractivity contribution in [2.45, 2.75) is 0 Å². The molecule has 1 aromatic carbocycles. The lowest BCUT2D eigenvalue weighted by molar-refractivity contribution is 1.21. The van der Waals surface area contributed by atoms with Crippen LogP contribution in [0.4, 0.5) is 0 Å². The molecule has 4 rings (SSSR count). The third-order valence-corrected chi connectivity index (χ3v) is 3.17. The van der Waals surface area contributed by atoms with E-state index in [1.807, 2.05) is 0 Å². The largest absolute Gasteiger partial charge is 0.354 e. The molecule has 3 heterocycles. The molecule has 0 spiro atoms. The molecule has 0 atom stereocenters. The van der Waals surface area contributed by atoms with Gasteiger partial charge in [-0.05, 0) is 24.3 Å². The molecular weight excluding hydrogens is 196 g/mol. The highest BCUT2D eigenvalue weighted by molar-refractivity contribution is 6.14. The molecule has 0 aliphatic heterocycles. The summed E-state index contributed by atoms with van der Waals surface area (Å²) in [6.45, 7) is 0. The van der Waals surface area contributed by atoms with E-state index in [0.29, 0.717) is 0 Å². The maximum Gasteiger partial charge on any atom is 0.0550 e. The maximum atomic E-state index is 3.45. The normalized spacial score (nSPS) is 11.8. The number of benzene rings is 1. The zero-order chi connectivity index (χ0) is 10.5. The molecule has 0 aliphatic carbocycles. The summed E-state index contributed by atoms with van der Waals surface area (Å²) < 4.78 is 2.16. The van der Waals surface area contributed by atoms with Gasteiger partial charge in [0.15, 0.2) is 0 Å². The molecule has 0 radical (unpaired) electrons. The number of pyridine rings is 1. The van der Waals surface area contributed by atoms with Crippen LogP contribution in [0.1, 0.15) is 0 Å². The van der Waals surface area contributed by atoms with Crippen LogP contribution in [0.25, 0.3) is 27.3 Å². The molecule has 2 heteroatoms. The number of rotatable bonds is 0. The topological polar surface area (TPSA) is 20.2 Å². The Morgan fingerprint density at radius 1 is 0.812 bits per heavy atom. The second-order valence-electron chi connectivity index (χ2n) is 4.08. The second-order valence-corrected chi connectivity index (χ2v) is 4.08. The van der Waals surface area contributed by atoms with Gasteiger partial charge in [-0.2, -0.15) is 0 Å². The lowest BCUT2D eigenvalue weighted by atomic mass is 10.1. The van der Waals surface area contributed by atoms with Gasteiger partial charge in [0.05, 0.1) is 11.0 Å². The van der Waals surface area contributed by atoms with Crippen LogP contribution in [0.5, 0.6) is 0 Å². The fourth-order valence-corrected chi connectivity index (χ4v) is 2.45. The van der Waals surface area contributed by atoms with Gasteiger partial charge in [0.1, 0.15) is 0 Å². The minimum atomic E-state index is 1.20. The van der Waals surface area contributed by atoms with E-state index in [1.54, 1.807) is 0 Å². The molecule has 0 fully saturated rings. The van der Waals surface area contributed by atoms with Crippen LogP contribution in [-0.2, 0) is 0 Å². The third kappa shape index (κ3) is 0.865. The first-order chi connectivity index (χ1) is 7.93. The minimum absolute atomic E-state index is 1.20. The standard InChI is InChI=1S/C14H10N2/c1-2-5-11-10(4-1)14-12(15-11)7-9-16-8-3-6-13(14)16/h1-9,15H. The summed E-state index contributed by atoms with van der Waals surface area (Å²) in [6, 6.07) is 14.8. The van der Waals surface area contributed by atoms with E-state index in [-0.39, 0.29) is 0 Å². The van der Waals surface area contributed by atoms with Crippen molar-refractivity contribution >= 4 is 27.3 Å². The number of fused-ring (bicyclic) bond motifs is 5. The summed E-state index contributed by atoms with van der Waals surface area (Å²) in [6.07, 6.45) is 4.17. The quantitative estimate of drug-likeness (QED) is 0.454. The van der Waals surface area contributed by atoms with E-state index >= 15 is 0 Å². The van der Waals surface area contributed by atoms with Gasteiger partial charge in [-0.1, -0.05) is 18.2 Å². The molecule has 0 amide bonds. The zero-order valence-electron chi connectivity index (χ0n) is 8.64. The lowest BCUT2D eigenvalue weighted by Gasteiger charge is -1.96. The van der Waals surface area contributed by atoms with Crippen LogP contribution in [0.3, 0.4) is 0 Å². The molecule has 3 aromatic heterocycles. The Hall–Kier alpha value is -2.22. The Morgan fingerprint density at radius 3 is 2.75 bits per heavy atom. The Labute approximate surface area is 92.1 Å². The summed E-state index contributed by atoms with van der Waals surface area (Å²) in [5, 5.41) is 2.60. The molecular formula is C14H10N2. The Bertz CT molecular complexity index is 805. The first-order valence-corrected chi connectivity index (χ1v) is 5.39. The summed E-state index contributed by atoms with van der Waals surface area (Å²) in [4.78, 5) is 3.45. The van der Waals surface area contributed by atoms with Crippen molar-refractivity contribution in [2.75, 3.05) is 0 Å². The van der Waals surface area contributed by atoms with Crippen molar-refractivity contribution in [3.05, 3.63) is 54.9 Å². The number of aromatic nitrogens is 2. The van der Waals surface area contributed by atoms with Crippen LogP contribution in [0, 0.1) is 0 Å². The van der Waals surface area contributed by atoms with Gasteiger partial charge in [0.25, 0.3) is 0 Å². The van der Waals surface area contributed by atoms with Gasteiger partial charge >= 0.3 is 0 Å². The average Bonchev–Trinajstić information content (AvgIpc) is 2.91. The number of para-hydroxylation sites is 1. The molecule has 4 aromatic rings. The summed E-state index contributed by atoms with van der Waals surface area (Å²) in [5.74, 6) is 0. The van der Waals surface area contributed by atoms with Crippen molar-refractivity contribution in [3.63, 3.8) is 0 Å². The minimum Gasteiger partial charge on any atom is -0.354 e. The SMILES string of the molecule is c1ccc2c(c1)[nH]c1ccn3cccc3c12. The van der Waals surface area contributed by atoms with E-state index < -0.39 is 0 Å². The van der Waals surface area contributed by atoms with Crippen LogP contribution >= 0.6 is 0 Å². The predicted molar refractivity (Wildman–Crippen MR) is 66.8 cm³/mol. The van der Waals surface area contributed by atoms with Crippen molar-refractivity contribution in [3.8, 4) is 0 Å². The fraction of sp³-hybridized carbons (Fsp3) is 0. The molecule has 0 saturated carbocycles. The van der Waals surface area contributed by atoms with Gasteiger partial charge in [0.2, 0.25) is 0 Å². The highest BCUT2D eigenvalue weighted by atomic mass is 14.9. The van der Waals surface area contributed by atoms with E-state index in [0.717, 1.165) is 0 Å². The molecule has 1 N–H and O–H groups in total. The molecule has 2 nitrogen and oxygen atoms in total. The van der Waals surface area contributed by atoms with Crippen LogP contribution in [0.2, 0.25) is 0 Å². The Balaban J connectivity index is 2.42. The van der Waals surface area contributed by atoms with Crippen molar-refractivity contribution in [2.24, 2.45) is 0 Å². The van der Waals surface area contributed by atoms with Crippen molar-refractivity contribution in [1.29, 1.82) is 0 Å². The molecule has 0 saturated heterocycles. The maximum absolute atomic E-state index is 3.45. The molecule has 16 heavy (non-hydrogen) atoms. The van der Waals surface area contributed by atoms with E-state index in [1.165, 1.54) is 27.3 Å². The average molecular weight is 206 g/mol. The van der Waals surface area contributed by atoms with E-state index in [4.69, 9.17) is 0 Å². The van der Waals surface area contributed by atoms with Gasteiger partial charge in [0, 0.05) is 28.7 Å². The molecule has 0 aliphatic rings. The molecule has 76 valence electrons. The van der Waals surface area contributed by atoms with Gasteiger partial charge in [-0.3, -0.25) is 0 Å². The first-order valence-electron chi connectivity index (χ1n) is 5.39. The number of H-pyrrole nitrogens is 1. The lowest BCUT2D eigenvalue weighted by Crippen LogP contribution is -1.80. The van der Waals surface area contributed by atoms with Crippen LogP contribution < -0.4 is 0 Å². The highest BCUT2D eigenvalue weighted by Gasteiger charge is 2.06. The number of aromatic amines is 1. The van der Waals surface area contributed by atoms with Crippen LogP contribution in [-0.4, -0.2) is 9.38 Å². The van der Waals surface area contributed by atoms with Gasteiger partial charge in [-0.15, -0.1) is 0 Å². The fourth-order valence-electron chi connectivity index (χ4n) is 2.45. The summed E-state index contributed by atoms with van der Waals surface area (Å²) in [5.41, 5.74) is 3.66. The predicted octanol–water partition coefficient (Wildman–Crippen LogP) is 3.57.